The van der Waals surface area contributed by atoms with Gasteiger partial charge in [-0.1, -0.05) is 49.4 Å². The highest BCUT2D eigenvalue weighted by molar-refractivity contribution is 5.98. The summed E-state index contributed by atoms with van der Waals surface area (Å²) >= 11 is 0. The maximum atomic E-state index is 5.50. The molecule has 0 amide bonds. The van der Waals surface area contributed by atoms with Gasteiger partial charge in [0.05, 0.1) is 6.61 Å². The van der Waals surface area contributed by atoms with Crippen LogP contribution in [0.1, 0.15) is 19.4 Å². The Kier molecular flexibility index (Phi) is 6.07. The molecule has 0 heterocycles. The van der Waals surface area contributed by atoms with E-state index in [0.29, 0.717) is 12.5 Å². The lowest BCUT2D eigenvalue weighted by molar-refractivity contribution is -0.0695. The van der Waals surface area contributed by atoms with E-state index in [1.54, 1.807) is 0 Å². The number of rotatable bonds is 6. The van der Waals surface area contributed by atoms with E-state index in [1.165, 1.54) is 5.56 Å². The van der Waals surface area contributed by atoms with Gasteiger partial charge < -0.3 is 9.16 Å². The molecule has 3 heteroatoms. The van der Waals surface area contributed by atoms with E-state index in [4.69, 9.17) is 9.16 Å². The van der Waals surface area contributed by atoms with Crippen LogP contribution in [0.15, 0.2) is 36.4 Å². The summed E-state index contributed by atoms with van der Waals surface area (Å²) < 4.78 is 10.7. The lowest BCUT2D eigenvalue weighted by Gasteiger charge is -2.13. The van der Waals surface area contributed by atoms with E-state index in [0.717, 1.165) is 10.5 Å². The molecular formula is C13H20O2Si. The van der Waals surface area contributed by atoms with Crippen LogP contribution < -0.4 is 0 Å². The first kappa shape index (κ1) is 13.2. The van der Waals surface area contributed by atoms with E-state index >= 15 is 0 Å². The summed E-state index contributed by atoms with van der Waals surface area (Å²) in [5.41, 5.74) is 1.22. The number of ether oxygens (including phenoxy) is 1. The predicted molar refractivity (Wildman–Crippen MR) is 71.1 cm³/mol. The smallest absolute Gasteiger partial charge is 0.149 e. The standard InChI is InChI=1S/C13H20O2Si/c1-11(10-14-12(2)15-16)8-9-13-6-4-3-5-7-13/h3-9,11-12H,10H2,1-2,16H3. The van der Waals surface area contributed by atoms with E-state index in [1.807, 2.05) is 25.1 Å². The van der Waals surface area contributed by atoms with Crippen molar-refractivity contribution >= 4 is 16.6 Å². The van der Waals surface area contributed by atoms with Crippen LogP contribution in [0, 0.1) is 5.92 Å². The van der Waals surface area contributed by atoms with Gasteiger partial charge in [0, 0.05) is 0 Å². The minimum Gasteiger partial charge on any atom is -0.404 e. The minimum absolute atomic E-state index is 0.0701. The zero-order chi connectivity index (χ0) is 11.8. The molecule has 2 unspecified atom stereocenters. The lowest BCUT2D eigenvalue weighted by atomic mass is 10.1. The summed E-state index contributed by atoms with van der Waals surface area (Å²) in [4.78, 5) is 0. The van der Waals surface area contributed by atoms with Crippen molar-refractivity contribution in [2.45, 2.75) is 20.1 Å². The Morgan fingerprint density at radius 3 is 2.56 bits per heavy atom. The van der Waals surface area contributed by atoms with Gasteiger partial charge in [-0.15, -0.1) is 0 Å². The lowest BCUT2D eigenvalue weighted by Crippen LogP contribution is -2.15. The van der Waals surface area contributed by atoms with Crippen molar-refractivity contribution in [2.75, 3.05) is 6.61 Å². The molecule has 16 heavy (non-hydrogen) atoms. The Hall–Kier alpha value is -0.903. The molecule has 0 saturated carbocycles. The number of benzene rings is 1. The highest BCUT2D eigenvalue weighted by atomic mass is 28.2. The SMILES string of the molecule is CC(C=Cc1ccccc1)COC(C)O[SiH3]. The second kappa shape index (κ2) is 7.38. The first-order valence-electron chi connectivity index (χ1n) is 5.60. The van der Waals surface area contributed by atoms with Gasteiger partial charge in [-0.3, -0.25) is 0 Å². The van der Waals surface area contributed by atoms with Crippen LogP contribution in [0.25, 0.3) is 6.08 Å². The van der Waals surface area contributed by atoms with Gasteiger partial charge >= 0.3 is 0 Å². The quantitative estimate of drug-likeness (QED) is 0.555. The molecule has 1 rings (SSSR count). The molecule has 2 nitrogen and oxygen atoms in total. The van der Waals surface area contributed by atoms with Gasteiger partial charge in [0.25, 0.3) is 0 Å². The van der Waals surface area contributed by atoms with Gasteiger partial charge in [0.1, 0.15) is 16.8 Å². The second-order valence-corrected chi connectivity index (χ2v) is 4.36. The summed E-state index contributed by atoms with van der Waals surface area (Å²) in [5, 5.41) is 0. The van der Waals surface area contributed by atoms with Crippen molar-refractivity contribution in [3.63, 3.8) is 0 Å². The van der Waals surface area contributed by atoms with Crippen LogP contribution in [0.5, 0.6) is 0 Å². The topological polar surface area (TPSA) is 18.5 Å². The van der Waals surface area contributed by atoms with Crippen molar-refractivity contribution in [2.24, 2.45) is 5.92 Å². The number of hydrogen-bond acceptors (Lipinski definition) is 2. The van der Waals surface area contributed by atoms with Gasteiger partial charge in [-0.25, -0.2) is 0 Å². The maximum Gasteiger partial charge on any atom is 0.149 e. The van der Waals surface area contributed by atoms with E-state index in [2.05, 4.69) is 31.2 Å². The highest BCUT2D eigenvalue weighted by Crippen LogP contribution is 2.06. The van der Waals surface area contributed by atoms with Crippen molar-refractivity contribution in [3.05, 3.63) is 42.0 Å². The molecule has 88 valence electrons. The fraction of sp³-hybridized carbons (Fsp3) is 0.385. The molecule has 0 aromatic heterocycles. The summed E-state index contributed by atoms with van der Waals surface area (Å²) in [6.45, 7) is 4.77. The molecule has 0 bridgehead atoms. The Bertz CT molecular complexity index is 311. The third-order valence-corrected chi connectivity index (χ3v) is 3.01. The Balaban J connectivity index is 2.34. The Morgan fingerprint density at radius 2 is 1.94 bits per heavy atom. The van der Waals surface area contributed by atoms with E-state index in [-0.39, 0.29) is 6.29 Å². The zero-order valence-corrected chi connectivity index (χ0v) is 12.2. The molecule has 0 aliphatic heterocycles. The average Bonchev–Trinajstić information content (AvgIpc) is 2.34. The van der Waals surface area contributed by atoms with Crippen molar-refractivity contribution in [1.82, 2.24) is 0 Å². The van der Waals surface area contributed by atoms with Crippen LogP contribution in [-0.4, -0.2) is 23.4 Å². The Labute approximate surface area is 101 Å². The maximum absolute atomic E-state index is 5.50. The van der Waals surface area contributed by atoms with Crippen LogP contribution in [0.2, 0.25) is 0 Å². The Morgan fingerprint density at radius 1 is 1.25 bits per heavy atom. The molecule has 0 aliphatic rings. The van der Waals surface area contributed by atoms with Gasteiger partial charge in [-0.05, 0) is 18.4 Å². The number of hydrogen-bond donors (Lipinski definition) is 0. The van der Waals surface area contributed by atoms with Crippen LogP contribution in [-0.2, 0) is 9.16 Å². The average molecular weight is 236 g/mol. The van der Waals surface area contributed by atoms with Gasteiger partial charge in [0.15, 0.2) is 0 Å². The largest absolute Gasteiger partial charge is 0.404 e. The first-order chi connectivity index (χ1) is 7.72. The molecule has 0 aliphatic carbocycles. The molecule has 2 atom stereocenters. The van der Waals surface area contributed by atoms with E-state index < -0.39 is 0 Å². The summed E-state index contributed by atoms with van der Waals surface area (Å²) in [7, 11) is 0.722. The summed E-state index contributed by atoms with van der Waals surface area (Å²) in [5.74, 6) is 0.402. The summed E-state index contributed by atoms with van der Waals surface area (Å²) in [6, 6.07) is 10.3. The zero-order valence-electron chi connectivity index (χ0n) is 10.2. The minimum atomic E-state index is -0.0701. The molecular weight excluding hydrogens is 216 g/mol. The van der Waals surface area contributed by atoms with Crippen LogP contribution in [0.4, 0.5) is 0 Å². The highest BCUT2D eigenvalue weighted by Gasteiger charge is 2.01. The first-order valence-corrected chi connectivity index (χ1v) is 6.41. The third-order valence-electron chi connectivity index (χ3n) is 2.34. The monoisotopic (exact) mass is 236 g/mol. The second-order valence-electron chi connectivity index (χ2n) is 3.88. The summed E-state index contributed by atoms with van der Waals surface area (Å²) in [6.07, 6.45) is 4.22. The molecule has 0 radical (unpaired) electrons. The molecule has 0 N–H and O–H groups in total. The molecule has 1 aromatic carbocycles. The molecule has 0 spiro atoms. The van der Waals surface area contributed by atoms with Gasteiger partial charge in [0.2, 0.25) is 0 Å². The molecule has 1 aromatic rings. The third kappa shape index (κ3) is 5.26. The molecule has 0 fully saturated rings. The van der Waals surface area contributed by atoms with Crippen molar-refractivity contribution < 1.29 is 9.16 Å². The van der Waals surface area contributed by atoms with Gasteiger partial charge in [-0.2, -0.15) is 0 Å². The van der Waals surface area contributed by atoms with Crippen molar-refractivity contribution in [3.8, 4) is 0 Å². The van der Waals surface area contributed by atoms with Crippen LogP contribution in [0.3, 0.4) is 0 Å². The fourth-order valence-corrected chi connectivity index (χ4v) is 1.39. The predicted octanol–water partition coefficient (Wildman–Crippen LogP) is 2.00. The normalized spacial score (nSPS) is 15.4. The van der Waals surface area contributed by atoms with Crippen molar-refractivity contribution in [1.29, 1.82) is 0 Å². The fourth-order valence-electron chi connectivity index (χ4n) is 1.25. The molecule has 0 saturated heterocycles. The van der Waals surface area contributed by atoms with E-state index in [9.17, 15) is 0 Å². The van der Waals surface area contributed by atoms with Crippen LogP contribution >= 0.6 is 0 Å².